The number of unbranched alkanes of at least 4 members (excludes halogenated alkanes) is 1. The van der Waals surface area contributed by atoms with Crippen LogP contribution in [0.15, 0.2) is 0 Å². The van der Waals surface area contributed by atoms with Gasteiger partial charge in [0.15, 0.2) is 16.6 Å². The summed E-state index contributed by atoms with van der Waals surface area (Å²) in [4.78, 5) is 0. The largest absolute Gasteiger partial charge is 0.417 e. The number of rotatable bonds is 8. The van der Waals surface area contributed by atoms with Crippen LogP contribution in [0.4, 0.5) is 0 Å². The van der Waals surface area contributed by atoms with Crippen molar-refractivity contribution in [3.05, 3.63) is 0 Å². The maximum Gasteiger partial charge on any atom is 0.193 e. The Kier molecular flexibility index (Phi) is 8.30. The summed E-state index contributed by atoms with van der Waals surface area (Å²) in [6.45, 7) is 23.6. The summed E-state index contributed by atoms with van der Waals surface area (Å²) in [6.07, 6.45) is 8.70. The third kappa shape index (κ3) is 7.56. The zero-order chi connectivity index (χ0) is 18.5. The summed E-state index contributed by atoms with van der Waals surface area (Å²) in [5.74, 6) is 2.84. The maximum absolute atomic E-state index is 6.32. The molecule has 0 aliphatic rings. The molecule has 0 unspecified atom stereocenters. The van der Waals surface area contributed by atoms with E-state index in [2.05, 4.69) is 73.7 Å². The summed E-state index contributed by atoms with van der Waals surface area (Å²) in [5.41, 5.74) is 0. The van der Waals surface area contributed by atoms with E-state index in [1.165, 1.54) is 0 Å². The molecule has 4 heteroatoms. The maximum atomic E-state index is 6.32. The predicted molar refractivity (Wildman–Crippen MR) is 108 cm³/mol. The number of terminal acetylenes is 1. The van der Waals surface area contributed by atoms with Crippen LogP contribution in [0, 0.1) is 12.3 Å². The van der Waals surface area contributed by atoms with Crippen LogP contribution in [0.5, 0.6) is 0 Å². The van der Waals surface area contributed by atoms with E-state index >= 15 is 0 Å². The van der Waals surface area contributed by atoms with Crippen LogP contribution < -0.4 is 0 Å². The van der Waals surface area contributed by atoms with Crippen LogP contribution in [-0.4, -0.2) is 29.3 Å². The molecule has 0 amide bonds. The van der Waals surface area contributed by atoms with E-state index in [0.29, 0.717) is 0 Å². The lowest BCUT2D eigenvalue weighted by Gasteiger charge is -2.38. The monoisotopic (exact) mass is 356 g/mol. The zero-order valence-corrected chi connectivity index (χ0v) is 19.3. The normalized spacial score (nSPS) is 15.3. The van der Waals surface area contributed by atoms with Gasteiger partial charge in [0, 0.05) is 6.61 Å². The minimum atomic E-state index is -1.78. The molecule has 0 spiro atoms. The fourth-order valence-electron chi connectivity index (χ4n) is 1.68. The van der Waals surface area contributed by atoms with Crippen molar-refractivity contribution in [1.82, 2.24) is 0 Å². The van der Waals surface area contributed by atoms with Crippen LogP contribution in [0.3, 0.4) is 0 Å². The van der Waals surface area contributed by atoms with Gasteiger partial charge in [0.2, 0.25) is 0 Å². The first-order valence-corrected chi connectivity index (χ1v) is 14.7. The Morgan fingerprint density at radius 1 is 0.870 bits per heavy atom. The van der Waals surface area contributed by atoms with Gasteiger partial charge in [-0.25, -0.2) is 0 Å². The Labute approximate surface area is 148 Å². The van der Waals surface area contributed by atoms with Gasteiger partial charge in [-0.15, -0.1) is 6.42 Å². The summed E-state index contributed by atoms with van der Waals surface area (Å²) in [5, 5.41) is 0.480. The van der Waals surface area contributed by atoms with Gasteiger partial charge in [0.1, 0.15) is 6.10 Å². The standard InChI is InChI=1S/C19H40O2Si2/c1-12-17(21-23(10,11)19(5,6)7)15-13-14-16-20-22(8,9)18(2,3)4/h1,17H,13-16H2,2-11H3/t17-/m1/s1. The van der Waals surface area contributed by atoms with Gasteiger partial charge in [-0.05, 0) is 55.5 Å². The van der Waals surface area contributed by atoms with Crippen molar-refractivity contribution in [3.8, 4) is 12.3 Å². The van der Waals surface area contributed by atoms with E-state index in [1.807, 2.05) is 0 Å². The summed E-state index contributed by atoms with van der Waals surface area (Å²) >= 11 is 0. The van der Waals surface area contributed by atoms with Crippen molar-refractivity contribution >= 4 is 16.6 Å². The highest BCUT2D eigenvalue weighted by Gasteiger charge is 2.39. The molecule has 0 aromatic heterocycles. The van der Waals surface area contributed by atoms with E-state index in [4.69, 9.17) is 15.3 Å². The zero-order valence-electron chi connectivity index (χ0n) is 17.3. The van der Waals surface area contributed by atoms with Gasteiger partial charge in [0.05, 0.1) is 0 Å². The van der Waals surface area contributed by atoms with Gasteiger partial charge in [-0.3, -0.25) is 0 Å². The molecular weight excluding hydrogens is 316 g/mol. The van der Waals surface area contributed by atoms with E-state index in [-0.39, 0.29) is 16.2 Å². The quantitative estimate of drug-likeness (QED) is 0.293. The summed E-state index contributed by atoms with van der Waals surface area (Å²) in [7, 11) is -3.40. The number of hydrogen-bond acceptors (Lipinski definition) is 2. The van der Waals surface area contributed by atoms with Crippen molar-refractivity contribution in [1.29, 1.82) is 0 Å². The summed E-state index contributed by atoms with van der Waals surface area (Å²) < 4.78 is 12.5. The Morgan fingerprint density at radius 3 is 1.74 bits per heavy atom. The molecule has 0 saturated carbocycles. The van der Waals surface area contributed by atoms with E-state index in [0.717, 1.165) is 25.9 Å². The molecule has 23 heavy (non-hydrogen) atoms. The first kappa shape index (κ1) is 22.9. The molecule has 0 rings (SSSR count). The van der Waals surface area contributed by atoms with Crippen LogP contribution in [0.25, 0.3) is 0 Å². The molecule has 0 heterocycles. The third-order valence-electron chi connectivity index (χ3n) is 5.56. The second-order valence-corrected chi connectivity index (χ2v) is 19.2. The molecule has 0 radical (unpaired) electrons. The van der Waals surface area contributed by atoms with Gasteiger partial charge >= 0.3 is 0 Å². The van der Waals surface area contributed by atoms with Crippen molar-refractivity contribution in [2.75, 3.05) is 6.61 Å². The Balaban J connectivity index is 4.25. The lowest BCUT2D eigenvalue weighted by atomic mass is 10.2. The number of hydrogen-bond donors (Lipinski definition) is 0. The highest BCUT2D eigenvalue weighted by molar-refractivity contribution is 6.74. The summed E-state index contributed by atoms with van der Waals surface area (Å²) in [6, 6.07) is 0. The smallest absolute Gasteiger partial charge is 0.193 e. The third-order valence-corrected chi connectivity index (χ3v) is 14.6. The molecule has 1 atom stereocenters. The SMILES string of the molecule is C#C[C@H](CCCCO[Si](C)(C)C(C)(C)C)O[Si](C)(C)C(C)(C)C. The molecule has 0 aliphatic carbocycles. The molecule has 0 aliphatic heterocycles. The highest BCUT2D eigenvalue weighted by atomic mass is 28.4. The van der Waals surface area contributed by atoms with E-state index in [1.54, 1.807) is 0 Å². The van der Waals surface area contributed by atoms with Crippen LogP contribution in [0.2, 0.25) is 36.3 Å². The predicted octanol–water partition coefficient (Wildman–Crippen LogP) is 6.20. The van der Waals surface area contributed by atoms with Crippen LogP contribution in [-0.2, 0) is 8.85 Å². The van der Waals surface area contributed by atoms with Crippen molar-refractivity contribution < 1.29 is 8.85 Å². The van der Waals surface area contributed by atoms with Crippen molar-refractivity contribution in [3.63, 3.8) is 0 Å². The first-order valence-electron chi connectivity index (χ1n) is 8.92. The first-order chi connectivity index (χ1) is 10.1. The molecular formula is C19H40O2Si2. The van der Waals surface area contributed by atoms with Gasteiger partial charge in [-0.2, -0.15) is 0 Å². The van der Waals surface area contributed by atoms with Gasteiger partial charge in [-0.1, -0.05) is 47.5 Å². The minimum Gasteiger partial charge on any atom is -0.417 e. The minimum absolute atomic E-state index is 0.0521. The lowest BCUT2D eigenvalue weighted by molar-refractivity contribution is 0.212. The highest BCUT2D eigenvalue weighted by Crippen LogP contribution is 2.38. The molecule has 136 valence electrons. The molecule has 0 N–H and O–H groups in total. The molecule has 2 nitrogen and oxygen atoms in total. The topological polar surface area (TPSA) is 18.5 Å². The molecule has 0 aromatic carbocycles. The van der Waals surface area contributed by atoms with E-state index < -0.39 is 16.6 Å². The Hall–Kier alpha value is -0.0862. The van der Waals surface area contributed by atoms with Crippen LogP contribution in [0.1, 0.15) is 60.8 Å². The fourth-order valence-corrected chi connectivity index (χ4v) is 4.02. The Bertz CT molecular complexity index is 395. The van der Waals surface area contributed by atoms with Gasteiger partial charge < -0.3 is 8.85 Å². The second kappa shape index (κ2) is 8.33. The second-order valence-electron chi connectivity index (χ2n) is 9.64. The molecule has 0 fully saturated rings. The van der Waals surface area contributed by atoms with Gasteiger partial charge in [0.25, 0.3) is 0 Å². The average molecular weight is 357 g/mol. The van der Waals surface area contributed by atoms with Crippen LogP contribution >= 0.6 is 0 Å². The molecule has 0 bridgehead atoms. The lowest BCUT2D eigenvalue weighted by Crippen LogP contribution is -2.43. The van der Waals surface area contributed by atoms with Crippen molar-refractivity contribution in [2.45, 2.75) is 103 Å². The molecule has 0 saturated heterocycles. The van der Waals surface area contributed by atoms with Crippen molar-refractivity contribution in [2.24, 2.45) is 0 Å². The Morgan fingerprint density at radius 2 is 1.35 bits per heavy atom. The molecule has 0 aromatic rings. The van der Waals surface area contributed by atoms with E-state index in [9.17, 15) is 0 Å². The fraction of sp³-hybridized carbons (Fsp3) is 0.895. The average Bonchev–Trinajstić information content (AvgIpc) is 2.33.